The molecule has 29 heavy (non-hydrogen) atoms. The Bertz CT molecular complexity index is 1070. The Hall–Kier alpha value is -1.81. The number of nitrogens with zero attached hydrogens (tertiary/aromatic N) is 4. The Morgan fingerprint density at radius 1 is 1.07 bits per heavy atom. The molecule has 9 heteroatoms. The fraction of sp³-hybridized carbons (Fsp3) is 0.600. The normalized spacial score (nSPS) is 24.3. The number of morpholine rings is 1. The molecule has 156 valence electrons. The second-order valence-corrected chi connectivity index (χ2v) is 10.0. The monoisotopic (exact) mass is 418 g/mol. The number of hydrogen-bond acceptors (Lipinski definition) is 5. The van der Waals surface area contributed by atoms with Crippen molar-refractivity contribution in [3.8, 4) is 0 Å². The molecule has 8 nitrogen and oxygen atoms in total. The third kappa shape index (κ3) is 3.50. The largest absolute Gasteiger partial charge is 0.379 e. The Morgan fingerprint density at radius 2 is 1.83 bits per heavy atom. The summed E-state index contributed by atoms with van der Waals surface area (Å²) in [7, 11) is -3.62. The summed E-state index contributed by atoms with van der Waals surface area (Å²) in [6.45, 7) is 2.64. The van der Waals surface area contributed by atoms with Crippen molar-refractivity contribution in [3.05, 3.63) is 40.4 Å². The number of benzene rings is 1. The van der Waals surface area contributed by atoms with Crippen LogP contribution < -0.4 is 5.56 Å². The van der Waals surface area contributed by atoms with Crippen molar-refractivity contribution >= 4 is 21.1 Å². The van der Waals surface area contributed by atoms with Crippen LogP contribution in [0.3, 0.4) is 0 Å². The molecule has 2 saturated heterocycles. The predicted octanol–water partition coefficient (Wildman–Crippen LogP) is 1.52. The van der Waals surface area contributed by atoms with Crippen LogP contribution in [0.15, 0.2) is 29.1 Å². The molecule has 0 bridgehead atoms. The summed E-state index contributed by atoms with van der Waals surface area (Å²) >= 11 is 0. The van der Waals surface area contributed by atoms with Crippen molar-refractivity contribution in [1.29, 1.82) is 0 Å². The van der Waals surface area contributed by atoms with Gasteiger partial charge in [0.25, 0.3) is 15.8 Å². The fourth-order valence-corrected chi connectivity index (χ4v) is 6.16. The highest BCUT2D eigenvalue weighted by Crippen LogP contribution is 2.37. The fourth-order valence-electron chi connectivity index (χ4n) is 4.37. The van der Waals surface area contributed by atoms with Gasteiger partial charge in [-0.15, -0.1) is 0 Å². The van der Waals surface area contributed by atoms with E-state index in [4.69, 9.17) is 9.72 Å². The quantitative estimate of drug-likeness (QED) is 0.735. The zero-order valence-electron chi connectivity index (χ0n) is 16.4. The minimum absolute atomic E-state index is 0.0619. The number of aromatic nitrogens is 2. The molecular weight excluding hydrogens is 392 g/mol. The standard InChI is InChI=1S/C20H26N4O4S/c25-20-16-4-1-2-5-17(16)21-19(23(20)14-15-7-8-15)18-6-3-9-24(18)29(26,27)22-10-12-28-13-11-22/h1-2,4-5,15,18H,3,6-14H2. The van der Waals surface area contributed by atoms with Crippen molar-refractivity contribution in [3.63, 3.8) is 0 Å². The van der Waals surface area contributed by atoms with E-state index in [9.17, 15) is 13.2 Å². The van der Waals surface area contributed by atoms with Crippen LogP contribution in [0.2, 0.25) is 0 Å². The van der Waals surface area contributed by atoms with Crippen LogP contribution in [0.5, 0.6) is 0 Å². The maximum atomic E-state index is 13.3. The first-order chi connectivity index (χ1) is 14.1. The first kappa shape index (κ1) is 19.2. The summed E-state index contributed by atoms with van der Waals surface area (Å²) in [4.78, 5) is 18.1. The van der Waals surface area contributed by atoms with Gasteiger partial charge in [0.2, 0.25) is 0 Å². The molecule has 1 atom stereocenters. The lowest BCUT2D eigenvalue weighted by atomic mass is 10.1. The van der Waals surface area contributed by atoms with E-state index >= 15 is 0 Å². The molecule has 5 rings (SSSR count). The predicted molar refractivity (Wildman–Crippen MR) is 109 cm³/mol. The van der Waals surface area contributed by atoms with E-state index in [1.165, 1.54) is 4.31 Å². The number of hydrogen-bond donors (Lipinski definition) is 0. The maximum absolute atomic E-state index is 13.3. The van der Waals surface area contributed by atoms with Gasteiger partial charge in [-0.2, -0.15) is 17.0 Å². The molecule has 3 fully saturated rings. The van der Waals surface area contributed by atoms with Crippen LogP contribution in [0.25, 0.3) is 10.9 Å². The molecule has 1 saturated carbocycles. The third-order valence-corrected chi connectivity index (χ3v) is 8.17. The number of para-hydroxylation sites is 1. The summed E-state index contributed by atoms with van der Waals surface area (Å²) in [5.41, 5.74) is 0.572. The smallest absolute Gasteiger partial charge is 0.282 e. The summed E-state index contributed by atoms with van der Waals surface area (Å²) in [5, 5.41) is 0.595. The number of fused-ring (bicyclic) bond motifs is 1. The van der Waals surface area contributed by atoms with Crippen molar-refractivity contribution < 1.29 is 13.2 Å². The van der Waals surface area contributed by atoms with Crippen LogP contribution >= 0.6 is 0 Å². The molecule has 0 radical (unpaired) electrons. The van der Waals surface area contributed by atoms with E-state index in [1.54, 1.807) is 14.9 Å². The maximum Gasteiger partial charge on any atom is 0.282 e. The molecule has 1 aromatic heterocycles. The summed E-state index contributed by atoms with van der Waals surface area (Å²) in [6, 6.07) is 6.93. The average molecular weight is 419 g/mol. The second kappa shape index (κ2) is 7.46. The van der Waals surface area contributed by atoms with Gasteiger partial charge >= 0.3 is 0 Å². The lowest BCUT2D eigenvalue weighted by molar-refractivity contribution is 0.0698. The highest BCUT2D eigenvalue weighted by Gasteiger charge is 2.41. The molecule has 0 spiro atoms. The first-order valence-electron chi connectivity index (χ1n) is 10.4. The van der Waals surface area contributed by atoms with E-state index in [1.807, 2.05) is 18.2 Å². The Labute approximate surface area is 170 Å². The second-order valence-electron chi connectivity index (χ2n) is 8.13. The van der Waals surface area contributed by atoms with Gasteiger partial charge in [-0.1, -0.05) is 12.1 Å². The molecule has 3 heterocycles. The topological polar surface area (TPSA) is 84.7 Å². The minimum Gasteiger partial charge on any atom is -0.379 e. The molecular formula is C20H26N4O4S. The molecule has 1 unspecified atom stereocenters. The van der Waals surface area contributed by atoms with E-state index in [0.29, 0.717) is 68.5 Å². The van der Waals surface area contributed by atoms with Gasteiger partial charge in [0, 0.05) is 26.2 Å². The number of rotatable bonds is 5. The summed E-state index contributed by atoms with van der Waals surface area (Å²) < 4.78 is 36.8. The molecule has 2 aromatic rings. The Balaban J connectivity index is 1.59. The SMILES string of the molecule is O=c1c2ccccc2nc(C2CCCN2S(=O)(=O)N2CCOCC2)n1CC1CC1. The molecule has 1 aromatic carbocycles. The van der Waals surface area contributed by atoms with Gasteiger partial charge < -0.3 is 4.74 Å². The zero-order chi connectivity index (χ0) is 20.0. The van der Waals surface area contributed by atoms with E-state index in [2.05, 4.69) is 0 Å². The Morgan fingerprint density at radius 3 is 2.59 bits per heavy atom. The summed E-state index contributed by atoms with van der Waals surface area (Å²) in [6.07, 6.45) is 3.66. The van der Waals surface area contributed by atoms with Crippen LogP contribution in [0.1, 0.15) is 37.5 Å². The van der Waals surface area contributed by atoms with E-state index in [-0.39, 0.29) is 5.56 Å². The lowest BCUT2D eigenvalue weighted by Crippen LogP contribution is -2.48. The van der Waals surface area contributed by atoms with Gasteiger partial charge in [-0.3, -0.25) is 9.36 Å². The van der Waals surface area contributed by atoms with Crippen LogP contribution in [-0.4, -0.2) is 59.4 Å². The van der Waals surface area contributed by atoms with Crippen molar-refractivity contribution in [2.45, 2.75) is 38.3 Å². The van der Waals surface area contributed by atoms with Gasteiger partial charge in [0.05, 0.1) is 30.2 Å². The minimum atomic E-state index is -3.62. The van der Waals surface area contributed by atoms with Gasteiger partial charge in [-0.05, 0) is 43.7 Å². The van der Waals surface area contributed by atoms with Gasteiger partial charge in [-0.25, -0.2) is 4.98 Å². The third-order valence-electron chi connectivity index (χ3n) is 6.12. The van der Waals surface area contributed by atoms with Crippen LogP contribution in [0.4, 0.5) is 0 Å². The van der Waals surface area contributed by atoms with Crippen LogP contribution in [-0.2, 0) is 21.5 Å². The molecule has 1 aliphatic carbocycles. The van der Waals surface area contributed by atoms with E-state index in [0.717, 1.165) is 19.3 Å². The lowest BCUT2D eigenvalue weighted by Gasteiger charge is -2.33. The average Bonchev–Trinajstić information content (AvgIpc) is 3.42. The van der Waals surface area contributed by atoms with Crippen molar-refractivity contribution in [2.75, 3.05) is 32.8 Å². The van der Waals surface area contributed by atoms with Crippen molar-refractivity contribution in [2.24, 2.45) is 5.92 Å². The van der Waals surface area contributed by atoms with Crippen molar-refractivity contribution in [1.82, 2.24) is 18.2 Å². The Kier molecular flexibility index (Phi) is 4.93. The molecule has 0 amide bonds. The molecule has 3 aliphatic rings. The first-order valence-corrected chi connectivity index (χ1v) is 11.8. The molecule has 0 N–H and O–H groups in total. The van der Waals surface area contributed by atoms with E-state index < -0.39 is 16.3 Å². The molecule has 2 aliphatic heterocycles. The highest BCUT2D eigenvalue weighted by molar-refractivity contribution is 7.86. The highest BCUT2D eigenvalue weighted by atomic mass is 32.2. The zero-order valence-corrected chi connectivity index (χ0v) is 17.2. The van der Waals surface area contributed by atoms with Crippen LogP contribution in [0, 0.1) is 5.92 Å². The van der Waals surface area contributed by atoms with Gasteiger partial charge in [0.15, 0.2) is 0 Å². The number of ether oxygens (including phenoxy) is 1. The summed E-state index contributed by atoms with van der Waals surface area (Å²) in [5.74, 6) is 1.08. The van der Waals surface area contributed by atoms with Gasteiger partial charge in [0.1, 0.15) is 5.82 Å².